The SMILES string of the molecule is Cc1ccc(Oc2ccc(N(c3ccccc3)c3ccc4c(c3)C(C)(C)c3cc(N(C)c5ccc(C(F)(F)F)cc5)ccc3-4)cc2)cc1. The minimum atomic E-state index is -4.37. The number of alkyl halides is 3. The summed E-state index contributed by atoms with van der Waals surface area (Å²) in [5, 5.41) is 0. The first kappa shape index (κ1) is 31.1. The normalized spacial score (nSPS) is 13.1. The van der Waals surface area contributed by atoms with Crippen molar-refractivity contribution in [2.75, 3.05) is 16.8 Å². The van der Waals surface area contributed by atoms with Crippen molar-refractivity contribution in [1.29, 1.82) is 0 Å². The molecule has 0 unspecified atom stereocenters. The van der Waals surface area contributed by atoms with E-state index in [1.165, 1.54) is 34.4 Å². The molecule has 6 aromatic rings. The lowest BCUT2D eigenvalue weighted by molar-refractivity contribution is -0.137. The Hall–Kier alpha value is -5.49. The molecule has 0 radical (unpaired) electrons. The summed E-state index contributed by atoms with van der Waals surface area (Å²) in [6.07, 6.45) is -4.37. The molecular weight excluding hydrogens is 605 g/mol. The summed E-state index contributed by atoms with van der Waals surface area (Å²) in [6, 6.07) is 44.7. The molecule has 7 rings (SSSR count). The van der Waals surface area contributed by atoms with Crippen LogP contribution < -0.4 is 14.5 Å². The highest BCUT2D eigenvalue weighted by Crippen LogP contribution is 2.52. The fourth-order valence-electron chi connectivity index (χ4n) is 6.51. The van der Waals surface area contributed by atoms with Gasteiger partial charge in [0.15, 0.2) is 0 Å². The van der Waals surface area contributed by atoms with E-state index in [9.17, 15) is 13.2 Å². The average Bonchev–Trinajstić information content (AvgIpc) is 3.31. The number of aryl methyl sites for hydroxylation is 1. The molecule has 240 valence electrons. The second-order valence-electron chi connectivity index (χ2n) is 12.8. The molecule has 1 aliphatic carbocycles. The maximum Gasteiger partial charge on any atom is 0.416 e. The number of hydrogen-bond acceptors (Lipinski definition) is 3. The van der Waals surface area contributed by atoms with Crippen LogP contribution in [0.4, 0.5) is 41.6 Å². The van der Waals surface area contributed by atoms with E-state index in [0.29, 0.717) is 5.69 Å². The Labute approximate surface area is 279 Å². The van der Waals surface area contributed by atoms with Gasteiger partial charge in [-0.3, -0.25) is 0 Å². The van der Waals surface area contributed by atoms with Crippen LogP contribution in [0.1, 0.15) is 36.1 Å². The smallest absolute Gasteiger partial charge is 0.416 e. The second-order valence-corrected chi connectivity index (χ2v) is 12.8. The highest BCUT2D eigenvalue weighted by atomic mass is 19.4. The van der Waals surface area contributed by atoms with Crippen molar-refractivity contribution in [3.8, 4) is 22.6 Å². The minimum Gasteiger partial charge on any atom is -0.457 e. The molecule has 0 saturated heterocycles. The molecule has 6 heteroatoms. The first-order valence-corrected chi connectivity index (χ1v) is 15.9. The van der Waals surface area contributed by atoms with E-state index in [-0.39, 0.29) is 5.41 Å². The number of anilines is 5. The predicted octanol–water partition coefficient (Wildman–Crippen LogP) is 12.4. The molecule has 0 amide bonds. The van der Waals surface area contributed by atoms with Crippen molar-refractivity contribution in [1.82, 2.24) is 0 Å². The predicted molar refractivity (Wildman–Crippen MR) is 189 cm³/mol. The van der Waals surface area contributed by atoms with Gasteiger partial charge in [-0.1, -0.05) is 61.9 Å². The largest absolute Gasteiger partial charge is 0.457 e. The Morgan fingerprint density at radius 2 is 1.02 bits per heavy atom. The zero-order chi connectivity index (χ0) is 33.6. The van der Waals surface area contributed by atoms with Gasteiger partial charge in [0.25, 0.3) is 0 Å². The van der Waals surface area contributed by atoms with Crippen molar-refractivity contribution in [3.63, 3.8) is 0 Å². The van der Waals surface area contributed by atoms with Crippen LogP contribution in [-0.4, -0.2) is 7.05 Å². The van der Waals surface area contributed by atoms with E-state index in [2.05, 4.69) is 80.3 Å². The molecule has 0 heterocycles. The van der Waals surface area contributed by atoms with E-state index in [4.69, 9.17) is 4.74 Å². The van der Waals surface area contributed by atoms with Crippen molar-refractivity contribution in [2.24, 2.45) is 0 Å². The molecule has 0 bridgehead atoms. The lowest BCUT2D eigenvalue weighted by atomic mass is 9.82. The zero-order valence-corrected chi connectivity index (χ0v) is 27.2. The average molecular weight is 641 g/mol. The number of halogens is 3. The maximum absolute atomic E-state index is 13.2. The number of fused-ring (bicyclic) bond motifs is 3. The van der Waals surface area contributed by atoms with Crippen LogP contribution in [0.2, 0.25) is 0 Å². The highest BCUT2D eigenvalue weighted by Gasteiger charge is 2.36. The molecule has 0 saturated carbocycles. The van der Waals surface area contributed by atoms with E-state index >= 15 is 0 Å². The van der Waals surface area contributed by atoms with Crippen LogP contribution in [-0.2, 0) is 11.6 Å². The Balaban J connectivity index is 1.21. The van der Waals surface area contributed by atoms with Crippen LogP contribution >= 0.6 is 0 Å². The molecule has 0 N–H and O–H groups in total. The Kier molecular flexibility index (Phi) is 7.75. The molecule has 0 aliphatic heterocycles. The van der Waals surface area contributed by atoms with Gasteiger partial charge in [-0.25, -0.2) is 0 Å². The summed E-state index contributed by atoms with van der Waals surface area (Å²) >= 11 is 0. The third kappa shape index (κ3) is 5.79. The number of rotatable bonds is 7. The Morgan fingerprint density at radius 3 is 1.60 bits per heavy atom. The van der Waals surface area contributed by atoms with Crippen LogP contribution in [0.5, 0.6) is 11.5 Å². The van der Waals surface area contributed by atoms with E-state index in [0.717, 1.165) is 51.9 Å². The van der Waals surface area contributed by atoms with E-state index in [1.54, 1.807) is 0 Å². The first-order chi connectivity index (χ1) is 23.0. The maximum atomic E-state index is 13.2. The summed E-state index contributed by atoms with van der Waals surface area (Å²) in [4.78, 5) is 4.17. The second kappa shape index (κ2) is 11.9. The summed E-state index contributed by atoms with van der Waals surface area (Å²) in [7, 11) is 1.88. The van der Waals surface area contributed by atoms with Gasteiger partial charge in [0.2, 0.25) is 0 Å². The number of hydrogen-bond donors (Lipinski definition) is 0. The van der Waals surface area contributed by atoms with Crippen molar-refractivity contribution in [2.45, 2.75) is 32.4 Å². The molecule has 0 atom stereocenters. The molecule has 0 aromatic heterocycles. The van der Waals surface area contributed by atoms with Gasteiger partial charge in [0, 0.05) is 40.9 Å². The number of ether oxygens (including phenoxy) is 1. The van der Waals surface area contributed by atoms with E-state index in [1.807, 2.05) is 72.6 Å². The monoisotopic (exact) mass is 640 g/mol. The fraction of sp³-hybridized carbons (Fsp3) is 0.143. The van der Waals surface area contributed by atoms with Crippen molar-refractivity contribution in [3.05, 3.63) is 162 Å². The molecule has 0 fully saturated rings. The van der Waals surface area contributed by atoms with Crippen LogP contribution in [0.15, 0.2) is 140 Å². The molecule has 1 aliphatic rings. The zero-order valence-electron chi connectivity index (χ0n) is 27.2. The lowest BCUT2D eigenvalue weighted by Crippen LogP contribution is -2.17. The van der Waals surface area contributed by atoms with Gasteiger partial charge in [0.05, 0.1) is 5.56 Å². The Morgan fingerprint density at radius 1 is 0.542 bits per heavy atom. The number of benzene rings is 6. The van der Waals surface area contributed by atoms with Crippen molar-refractivity contribution < 1.29 is 17.9 Å². The number of para-hydroxylation sites is 1. The molecular formula is C42H35F3N2O. The standard InChI is InChI=1S/C42H35F3N2O/c1-28-10-20-35(21-11-28)48-36-22-16-32(17-23-36)47(31-8-6-5-7-9-31)34-19-25-38-37-24-18-33(26-39(37)41(2,3)40(38)27-34)46(4)30-14-12-29(13-15-30)42(43,44)45/h5-27H,1-4H3. The molecule has 0 spiro atoms. The van der Waals surface area contributed by atoms with E-state index < -0.39 is 11.7 Å². The third-order valence-electron chi connectivity index (χ3n) is 9.24. The highest BCUT2D eigenvalue weighted by molar-refractivity contribution is 5.87. The summed E-state index contributed by atoms with van der Waals surface area (Å²) in [6.45, 7) is 6.51. The van der Waals surface area contributed by atoms with Crippen LogP contribution in [0.3, 0.4) is 0 Å². The molecule has 3 nitrogen and oxygen atoms in total. The fourth-order valence-corrected chi connectivity index (χ4v) is 6.51. The number of nitrogens with zero attached hydrogens (tertiary/aromatic N) is 2. The van der Waals surface area contributed by atoms with Crippen LogP contribution in [0.25, 0.3) is 11.1 Å². The van der Waals surface area contributed by atoms with Gasteiger partial charge >= 0.3 is 6.18 Å². The van der Waals surface area contributed by atoms with Gasteiger partial charge in [0.1, 0.15) is 11.5 Å². The Bertz CT molecular complexity index is 2070. The van der Waals surface area contributed by atoms with Crippen molar-refractivity contribution >= 4 is 28.4 Å². The van der Waals surface area contributed by atoms with Gasteiger partial charge in [-0.15, -0.1) is 0 Å². The quantitative estimate of drug-likeness (QED) is 0.173. The summed E-state index contributed by atoms with van der Waals surface area (Å²) in [5.41, 5.74) is 9.62. The topological polar surface area (TPSA) is 15.7 Å². The van der Waals surface area contributed by atoms with Crippen LogP contribution in [0, 0.1) is 6.92 Å². The summed E-state index contributed by atoms with van der Waals surface area (Å²) in [5.74, 6) is 1.56. The van der Waals surface area contributed by atoms with Gasteiger partial charge in [-0.2, -0.15) is 13.2 Å². The summed E-state index contributed by atoms with van der Waals surface area (Å²) < 4.78 is 45.6. The third-order valence-corrected chi connectivity index (χ3v) is 9.24. The minimum absolute atomic E-state index is 0.314. The first-order valence-electron chi connectivity index (χ1n) is 15.9. The van der Waals surface area contributed by atoms with Gasteiger partial charge in [-0.05, 0) is 126 Å². The molecule has 6 aromatic carbocycles. The molecule has 48 heavy (non-hydrogen) atoms. The van der Waals surface area contributed by atoms with Gasteiger partial charge < -0.3 is 14.5 Å². The lowest BCUT2D eigenvalue weighted by Gasteiger charge is -2.28.